The Kier molecular flexibility index (Phi) is 2.28. The van der Waals surface area contributed by atoms with E-state index in [4.69, 9.17) is 0 Å². The number of carbonyl (C=O) groups is 1. The van der Waals surface area contributed by atoms with Crippen LogP contribution in [0.2, 0.25) is 0 Å². The quantitative estimate of drug-likeness (QED) is 0.801. The fourth-order valence-corrected chi connectivity index (χ4v) is 3.84. The molecule has 0 bridgehead atoms. The first kappa shape index (κ1) is 10.2. The largest absolute Gasteiger partial charge is 0.336 e. The second kappa shape index (κ2) is 3.35. The van der Waals surface area contributed by atoms with Crippen LogP contribution in [0.15, 0.2) is 28.3 Å². The van der Waals surface area contributed by atoms with Crippen molar-refractivity contribution >= 4 is 33.1 Å². The Balaban J connectivity index is 2.57. The van der Waals surface area contributed by atoms with Crippen molar-refractivity contribution in [1.29, 1.82) is 0 Å². The Morgan fingerprint density at radius 2 is 2.27 bits per heavy atom. The molecule has 0 atom stereocenters. The molecule has 0 fully saturated rings. The maximum absolute atomic E-state index is 11.9. The van der Waals surface area contributed by atoms with Crippen LogP contribution in [-0.2, 0) is 10.0 Å². The third kappa shape index (κ3) is 1.44. The minimum absolute atomic E-state index is 0.0244. The number of hydrogen-bond acceptors (Lipinski definition) is 4. The van der Waals surface area contributed by atoms with Crippen molar-refractivity contribution in [2.75, 3.05) is 11.9 Å². The number of urea groups is 1. The average Bonchev–Trinajstić information content (AvgIpc) is 2.61. The number of rotatable bonds is 2. The molecule has 1 aliphatic rings. The molecule has 0 saturated carbocycles. The highest BCUT2D eigenvalue weighted by Crippen LogP contribution is 2.32. The van der Waals surface area contributed by atoms with Crippen molar-refractivity contribution in [2.45, 2.75) is 4.90 Å². The van der Waals surface area contributed by atoms with Crippen molar-refractivity contribution in [2.24, 2.45) is 0 Å². The average molecular weight is 244 g/mol. The Morgan fingerprint density at radius 3 is 2.93 bits per heavy atom. The topological polar surface area (TPSA) is 66.5 Å². The molecular formula is C8H8N2O3S2. The fourth-order valence-electron chi connectivity index (χ4n) is 1.28. The highest BCUT2D eigenvalue weighted by Gasteiger charge is 2.36. The van der Waals surface area contributed by atoms with Crippen LogP contribution in [-0.4, -0.2) is 25.3 Å². The van der Waals surface area contributed by atoms with Crippen LogP contribution in [0.4, 0.5) is 10.5 Å². The van der Waals surface area contributed by atoms with Gasteiger partial charge in [0, 0.05) is 10.8 Å². The number of nitrogens with zero attached hydrogens (tertiary/aromatic N) is 1. The minimum atomic E-state index is -3.69. The first-order chi connectivity index (χ1) is 7.07. The lowest BCUT2D eigenvalue weighted by Crippen LogP contribution is -2.43. The summed E-state index contributed by atoms with van der Waals surface area (Å²) in [4.78, 5) is 11.6. The lowest BCUT2D eigenvalue weighted by atomic mass is 10.5. The van der Waals surface area contributed by atoms with Crippen LogP contribution in [0.5, 0.6) is 0 Å². The van der Waals surface area contributed by atoms with Gasteiger partial charge in [0.15, 0.2) is 0 Å². The van der Waals surface area contributed by atoms with Gasteiger partial charge in [0.2, 0.25) is 0 Å². The molecular weight excluding hydrogens is 236 g/mol. The van der Waals surface area contributed by atoms with E-state index >= 15 is 0 Å². The van der Waals surface area contributed by atoms with E-state index in [9.17, 15) is 13.2 Å². The summed E-state index contributed by atoms with van der Waals surface area (Å²) < 4.78 is 24.5. The summed E-state index contributed by atoms with van der Waals surface area (Å²) in [5, 5.41) is 5.59. The maximum Gasteiger partial charge on any atom is 0.336 e. The number of carbonyl (C=O) groups excluding carboxylic acids is 1. The number of nitrogens with one attached hydrogen (secondary N) is 1. The summed E-state index contributed by atoms with van der Waals surface area (Å²) in [6.45, 7) is 3.39. The summed E-state index contributed by atoms with van der Waals surface area (Å²) in [5.41, 5.74) is 0.352. The maximum atomic E-state index is 11.9. The van der Waals surface area contributed by atoms with Crippen molar-refractivity contribution in [1.82, 2.24) is 4.31 Å². The predicted octanol–water partition coefficient (Wildman–Crippen LogP) is 1.47. The highest BCUT2D eigenvalue weighted by atomic mass is 32.2. The Bertz CT molecular complexity index is 518. The van der Waals surface area contributed by atoms with Gasteiger partial charge in [-0.1, -0.05) is 6.08 Å². The van der Waals surface area contributed by atoms with E-state index in [0.29, 0.717) is 5.69 Å². The fraction of sp³-hybridized carbons (Fsp3) is 0.125. The summed E-state index contributed by atoms with van der Waals surface area (Å²) >= 11 is 1.23. The van der Waals surface area contributed by atoms with Crippen LogP contribution >= 0.6 is 11.3 Å². The first-order valence-electron chi connectivity index (χ1n) is 4.08. The van der Waals surface area contributed by atoms with E-state index in [-0.39, 0.29) is 11.4 Å². The van der Waals surface area contributed by atoms with Crippen LogP contribution in [0, 0.1) is 0 Å². The molecule has 7 heteroatoms. The monoisotopic (exact) mass is 244 g/mol. The van der Waals surface area contributed by atoms with Crippen LogP contribution < -0.4 is 5.32 Å². The molecule has 0 aromatic carbocycles. The predicted molar refractivity (Wildman–Crippen MR) is 57.4 cm³/mol. The normalized spacial score (nSPS) is 18.1. The van der Waals surface area contributed by atoms with E-state index in [1.807, 2.05) is 0 Å². The number of hydrogen-bond donors (Lipinski definition) is 1. The smallest absolute Gasteiger partial charge is 0.305 e. The molecule has 1 aromatic heterocycles. The number of amides is 2. The molecule has 2 heterocycles. The van der Waals surface area contributed by atoms with Gasteiger partial charge in [-0.15, -0.1) is 17.9 Å². The van der Waals surface area contributed by atoms with E-state index in [2.05, 4.69) is 11.9 Å². The van der Waals surface area contributed by atoms with Crippen molar-refractivity contribution in [3.05, 3.63) is 23.4 Å². The van der Waals surface area contributed by atoms with E-state index in [1.165, 1.54) is 22.8 Å². The lowest BCUT2D eigenvalue weighted by molar-refractivity contribution is 0.237. The van der Waals surface area contributed by atoms with Gasteiger partial charge in [0.1, 0.15) is 4.90 Å². The summed E-state index contributed by atoms with van der Waals surface area (Å²) in [6.07, 6.45) is 1.37. The number of thiophene rings is 1. The molecule has 0 unspecified atom stereocenters. The zero-order valence-electron chi connectivity index (χ0n) is 7.63. The molecule has 80 valence electrons. The van der Waals surface area contributed by atoms with Gasteiger partial charge in [-0.2, -0.15) is 0 Å². The molecule has 0 saturated heterocycles. The molecule has 1 N–H and O–H groups in total. The van der Waals surface area contributed by atoms with Gasteiger partial charge in [-0.05, 0) is 0 Å². The third-order valence-corrected chi connectivity index (χ3v) is 4.64. The van der Waals surface area contributed by atoms with Crippen LogP contribution in [0.1, 0.15) is 0 Å². The zero-order valence-corrected chi connectivity index (χ0v) is 9.27. The van der Waals surface area contributed by atoms with E-state index < -0.39 is 16.1 Å². The van der Waals surface area contributed by atoms with E-state index in [0.717, 1.165) is 4.31 Å². The molecule has 2 rings (SSSR count). The van der Waals surface area contributed by atoms with Crippen molar-refractivity contribution in [3.63, 3.8) is 0 Å². The molecule has 1 aliphatic heterocycles. The first-order valence-corrected chi connectivity index (χ1v) is 6.46. The molecule has 2 amide bonds. The second-order valence-corrected chi connectivity index (χ2v) is 5.48. The standard InChI is InChI=1S/C8H8N2O3S2/c1-2-3-10-8(11)9-6-4-14-5-7(6)15(10,12)13/h2,4-5H,1,3H2,(H,9,11). The van der Waals surface area contributed by atoms with E-state index in [1.54, 1.807) is 5.38 Å². The third-order valence-electron chi connectivity index (χ3n) is 1.96. The van der Waals surface area contributed by atoms with Crippen molar-refractivity contribution in [3.8, 4) is 0 Å². The molecule has 0 radical (unpaired) electrons. The number of sulfonamides is 1. The van der Waals surface area contributed by atoms with Gasteiger partial charge in [0.05, 0.1) is 12.2 Å². The summed E-state index contributed by atoms with van der Waals surface area (Å²) in [6, 6.07) is -0.638. The zero-order chi connectivity index (χ0) is 11.1. The Hall–Kier alpha value is -1.34. The van der Waals surface area contributed by atoms with Gasteiger partial charge in [-0.3, -0.25) is 0 Å². The highest BCUT2D eigenvalue weighted by molar-refractivity contribution is 7.90. The van der Waals surface area contributed by atoms with Crippen LogP contribution in [0.3, 0.4) is 0 Å². The Morgan fingerprint density at radius 1 is 1.53 bits per heavy atom. The SMILES string of the molecule is C=CCN1C(=O)Nc2cscc2S1(=O)=O. The minimum Gasteiger partial charge on any atom is -0.305 e. The number of fused-ring (bicyclic) bond motifs is 1. The van der Waals surface area contributed by atoms with Gasteiger partial charge >= 0.3 is 6.03 Å². The number of anilines is 1. The Labute approximate surface area is 91.1 Å². The molecule has 0 spiro atoms. The molecule has 5 nitrogen and oxygen atoms in total. The van der Waals surface area contributed by atoms with Gasteiger partial charge < -0.3 is 5.32 Å². The molecule has 15 heavy (non-hydrogen) atoms. The van der Waals surface area contributed by atoms with Crippen LogP contribution in [0.25, 0.3) is 0 Å². The second-order valence-electron chi connectivity index (χ2n) is 2.90. The summed E-state index contributed by atoms with van der Waals surface area (Å²) in [5.74, 6) is 0. The molecule has 0 aliphatic carbocycles. The van der Waals surface area contributed by atoms with Gasteiger partial charge in [0.25, 0.3) is 10.0 Å². The molecule has 1 aromatic rings. The van der Waals surface area contributed by atoms with Crippen molar-refractivity contribution < 1.29 is 13.2 Å². The van der Waals surface area contributed by atoms with Gasteiger partial charge in [-0.25, -0.2) is 17.5 Å². The lowest BCUT2D eigenvalue weighted by Gasteiger charge is -2.25. The summed E-state index contributed by atoms with van der Waals surface area (Å²) in [7, 11) is -3.69.